The maximum atomic E-state index is 12.5. The fourth-order valence-electron chi connectivity index (χ4n) is 2.74. The van der Waals surface area contributed by atoms with E-state index < -0.39 is 0 Å². The molecule has 0 radical (unpaired) electrons. The molecule has 0 aliphatic heterocycles. The van der Waals surface area contributed by atoms with Crippen LogP contribution in [0.15, 0.2) is 10.9 Å². The minimum atomic E-state index is 0.0368. The average Bonchev–Trinajstić information content (AvgIpc) is 2.74. The first kappa shape index (κ1) is 13.8. The molecule has 2 heterocycles. The molecule has 2 aromatic rings. The number of pyridine rings is 1. The van der Waals surface area contributed by atoms with Crippen LogP contribution >= 0.6 is 0 Å². The normalized spacial score (nSPS) is 11.9. The summed E-state index contributed by atoms with van der Waals surface area (Å²) in [5.41, 5.74) is 2.67. The highest BCUT2D eigenvalue weighted by molar-refractivity contribution is 5.44. The van der Waals surface area contributed by atoms with Gasteiger partial charge in [0.25, 0.3) is 5.56 Å². The molecule has 1 N–H and O–H groups in total. The summed E-state index contributed by atoms with van der Waals surface area (Å²) in [5, 5.41) is 3.18. The second-order valence-corrected chi connectivity index (χ2v) is 5.52. The Bertz CT molecular complexity index is 633. The highest BCUT2D eigenvalue weighted by Gasteiger charge is 2.16. The van der Waals surface area contributed by atoms with Crippen LogP contribution in [0, 0.1) is 6.92 Å². The molecule has 19 heavy (non-hydrogen) atoms. The zero-order chi connectivity index (χ0) is 14.2. The van der Waals surface area contributed by atoms with E-state index in [1.54, 1.807) is 4.52 Å². The molecule has 2 rings (SSSR count). The van der Waals surface area contributed by atoms with Gasteiger partial charge in [-0.1, -0.05) is 27.7 Å². The van der Waals surface area contributed by atoms with Crippen molar-refractivity contribution in [1.29, 1.82) is 0 Å². The second-order valence-electron chi connectivity index (χ2n) is 5.52. The Morgan fingerprint density at radius 3 is 2.47 bits per heavy atom. The third-order valence-electron chi connectivity index (χ3n) is 3.84. The number of nitrogens with zero attached hydrogens (tertiary/aromatic N) is 2. The smallest absolute Gasteiger partial charge is 0.274 e. The van der Waals surface area contributed by atoms with E-state index in [9.17, 15) is 4.79 Å². The summed E-state index contributed by atoms with van der Waals surface area (Å²) in [7, 11) is 0. The first-order chi connectivity index (χ1) is 8.99. The molecule has 2 aromatic heterocycles. The highest BCUT2D eigenvalue weighted by Crippen LogP contribution is 2.21. The van der Waals surface area contributed by atoms with Crippen LogP contribution in [0.3, 0.4) is 0 Å². The quantitative estimate of drug-likeness (QED) is 0.917. The van der Waals surface area contributed by atoms with E-state index in [1.807, 2.05) is 26.8 Å². The van der Waals surface area contributed by atoms with Gasteiger partial charge in [0.05, 0.1) is 0 Å². The van der Waals surface area contributed by atoms with Gasteiger partial charge in [0.1, 0.15) is 5.82 Å². The number of rotatable bonds is 4. The van der Waals surface area contributed by atoms with Gasteiger partial charge in [0.15, 0.2) is 5.65 Å². The topological polar surface area (TPSA) is 50.2 Å². The largest absolute Gasteiger partial charge is 0.276 e. The number of aryl methyl sites for hydroxylation is 1. The molecule has 0 bridgehead atoms. The Morgan fingerprint density at radius 1 is 1.32 bits per heavy atom. The SMILES string of the molecule is CCC(CC)c1nc2cc(C)c(C(C)C)c(=O)n2[nH]1. The van der Waals surface area contributed by atoms with E-state index in [0.717, 1.165) is 35.4 Å². The average molecular weight is 261 g/mol. The highest BCUT2D eigenvalue weighted by atomic mass is 16.1. The van der Waals surface area contributed by atoms with Crippen molar-refractivity contribution in [2.24, 2.45) is 0 Å². The summed E-state index contributed by atoms with van der Waals surface area (Å²) < 4.78 is 1.59. The van der Waals surface area contributed by atoms with E-state index >= 15 is 0 Å². The van der Waals surface area contributed by atoms with Crippen LogP contribution in [0.1, 0.15) is 69.3 Å². The number of nitrogens with one attached hydrogen (secondary N) is 1. The maximum Gasteiger partial charge on any atom is 0.274 e. The molecule has 0 spiro atoms. The Kier molecular flexibility index (Phi) is 3.78. The predicted octanol–water partition coefficient (Wildman–Crippen LogP) is 3.36. The van der Waals surface area contributed by atoms with E-state index in [2.05, 4.69) is 23.9 Å². The maximum absolute atomic E-state index is 12.5. The number of aromatic nitrogens is 3. The monoisotopic (exact) mass is 261 g/mol. The molecule has 0 saturated carbocycles. The molecule has 0 unspecified atom stereocenters. The molecule has 4 heteroatoms. The van der Waals surface area contributed by atoms with E-state index in [0.29, 0.717) is 5.92 Å². The lowest BCUT2D eigenvalue weighted by molar-refractivity contribution is 0.599. The van der Waals surface area contributed by atoms with E-state index in [4.69, 9.17) is 0 Å². The molecule has 4 nitrogen and oxygen atoms in total. The Balaban J connectivity index is 2.67. The van der Waals surface area contributed by atoms with Crippen molar-refractivity contribution < 1.29 is 0 Å². The van der Waals surface area contributed by atoms with Gasteiger partial charge in [-0.25, -0.2) is 4.98 Å². The van der Waals surface area contributed by atoms with Gasteiger partial charge in [0, 0.05) is 11.5 Å². The van der Waals surface area contributed by atoms with Crippen molar-refractivity contribution in [2.45, 2.75) is 59.3 Å². The zero-order valence-corrected chi connectivity index (χ0v) is 12.4. The van der Waals surface area contributed by atoms with Crippen molar-refractivity contribution in [3.8, 4) is 0 Å². The second kappa shape index (κ2) is 5.19. The molecule has 0 saturated heterocycles. The van der Waals surface area contributed by atoms with Crippen LogP contribution in [-0.2, 0) is 0 Å². The van der Waals surface area contributed by atoms with Crippen molar-refractivity contribution >= 4 is 5.65 Å². The summed E-state index contributed by atoms with van der Waals surface area (Å²) in [5.74, 6) is 1.54. The van der Waals surface area contributed by atoms with Crippen molar-refractivity contribution in [3.05, 3.63) is 33.4 Å². The number of hydrogen-bond acceptors (Lipinski definition) is 2. The van der Waals surface area contributed by atoms with Crippen molar-refractivity contribution in [2.75, 3.05) is 0 Å². The van der Waals surface area contributed by atoms with Crippen LogP contribution in [0.25, 0.3) is 5.65 Å². The van der Waals surface area contributed by atoms with E-state index in [-0.39, 0.29) is 11.5 Å². The van der Waals surface area contributed by atoms with Crippen LogP contribution in [-0.4, -0.2) is 14.6 Å². The van der Waals surface area contributed by atoms with Gasteiger partial charge in [-0.3, -0.25) is 9.89 Å². The lowest BCUT2D eigenvalue weighted by Crippen LogP contribution is -2.21. The number of fused-ring (bicyclic) bond motifs is 1. The molecule has 0 aliphatic carbocycles. The Morgan fingerprint density at radius 2 is 1.95 bits per heavy atom. The van der Waals surface area contributed by atoms with Gasteiger partial charge in [-0.05, 0) is 37.3 Å². The van der Waals surface area contributed by atoms with Gasteiger partial charge in [-0.2, -0.15) is 4.52 Å². The molecule has 0 aliphatic rings. The van der Waals surface area contributed by atoms with Gasteiger partial charge in [-0.15, -0.1) is 0 Å². The molecule has 0 amide bonds. The van der Waals surface area contributed by atoms with Crippen LogP contribution in [0.5, 0.6) is 0 Å². The van der Waals surface area contributed by atoms with Gasteiger partial charge >= 0.3 is 0 Å². The summed E-state index contributed by atoms with van der Waals surface area (Å²) in [6, 6.07) is 2.00. The number of hydrogen-bond donors (Lipinski definition) is 1. The summed E-state index contributed by atoms with van der Waals surface area (Å²) in [6.45, 7) is 10.4. The molecule has 0 fully saturated rings. The van der Waals surface area contributed by atoms with Crippen LogP contribution < -0.4 is 5.56 Å². The van der Waals surface area contributed by atoms with Crippen molar-refractivity contribution in [3.63, 3.8) is 0 Å². The van der Waals surface area contributed by atoms with Crippen LogP contribution in [0.2, 0.25) is 0 Å². The molecule has 0 aromatic carbocycles. The third kappa shape index (κ3) is 2.31. The number of H-pyrrole nitrogens is 1. The summed E-state index contributed by atoms with van der Waals surface area (Å²) >= 11 is 0. The lowest BCUT2D eigenvalue weighted by Gasteiger charge is -2.08. The van der Waals surface area contributed by atoms with Gasteiger partial charge in [0.2, 0.25) is 0 Å². The fraction of sp³-hybridized carbons (Fsp3) is 0.600. The van der Waals surface area contributed by atoms with Crippen LogP contribution in [0.4, 0.5) is 0 Å². The van der Waals surface area contributed by atoms with E-state index in [1.165, 1.54) is 0 Å². The lowest BCUT2D eigenvalue weighted by atomic mass is 10.0. The third-order valence-corrected chi connectivity index (χ3v) is 3.84. The summed E-state index contributed by atoms with van der Waals surface area (Å²) in [4.78, 5) is 17.1. The van der Waals surface area contributed by atoms with Crippen molar-refractivity contribution in [1.82, 2.24) is 14.6 Å². The number of aromatic amines is 1. The standard InChI is InChI=1S/C15H23N3O/c1-6-11(7-2)14-16-12-8-10(5)13(9(3)4)15(19)18(12)17-14/h8-9,11H,6-7H2,1-5H3,(H,16,17). The Labute approximate surface area is 113 Å². The zero-order valence-electron chi connectivity index (χ0n) is 12.4. The first-order valence-electron chi connectivity index (χ1n) is 7.11. The molecule has 104 valence electrons. The predicted molar refractivity (Wildman–Crippen MR) is 78.0 cm³/mol. The molecular formula is C15H23N3O. The minimum absolute atomic E-state index is 0.0368. The molecule has 0 atom stereocenters. The first-order valence-corrected chi connectivity index (χ1v) is 7.11. The minimum Gasteiger partial charge on any atom is -0.276 e. The van der Waals surface area contributed by atoms with Gasteiger partial charge < -0.3 is 0 Å². The Hall–Kier alpha value is -1.58. The fourth-order valence-corrected chi connectivity index (χ4v) is 2.74. The summed E-state index contributed by atoms with van der Waals surface area (Å²) in [6.07, 6.45) is 2.06. The molecular weight excluding hydrogens is 238 g/mol.